The van der Waals surface area contributed by atoms with E-state index in [1.807, 2.05) is 38.1 Å². The van der Waals surface area contributed by atoms with Crippen LogP contribution in [0.2, 0.25) is 0 Å². The average molecular weight is 197 g/mol. The first-order valence-electron chi connectivity index (χ1n) is 4.80. The highest BCUT2D eigenvalue weighted by atomic mass is 16.5. The zero-order chi connectivity index (χ0) is 10.8. The lowest BCUT2D eigenvalue weighted by molar-refractivity contribution is 0.146. The van der Waals surface area contributed by atoms with E-state index < -0.39 is 0 Å². The Bertz CT molecular complexity index is 221. The van der Waals surface area contributed by atoms with Crippen LogP contribution in [-0.2, 0) is 4.74 Å². The van der Waals surface area contributed by atoms with E-state index in [0.29, 0.717) is 13.2 Å². The minimum absolute atomic E-state index is 0.570. The molecule has 3 nitrogen and oxygen atoms in total. The molecule has 0 fully saturated rings. The Hall–Kier alpha value is -1.22. The van der Waals surface area contributed by atoms with Gasteiger partial charge < -0.3 is 15.2 Å². The van der Waals surface area contributed by atoms with E-state index in [9.17, 15) is 0 Å². The molecule has 0 spiro atoms. The summed E-state index contributed by atoms with van der Waals surface area (Å²) in [5, 5.41) is 0. The lowest BCUT2D eigenvalue weighted by Gasteiger charge is -2.04. The third-order valence-electron chi connectivity index (χ3n) is 1.44. The number of anilines is 1. The Morgan fingerprint density at radius 3 is 2.14 bits per heavy atom. The van der Waals surface area contributed by atoms with Gasteiger partial charge in [0, 0.05) is 12.8 Å². The Morgan fingerprint density at radius 2 is 1.64 bits per heavy atom. The van der Waals surface area contributed by atoms with E-state index in [0.717, 1.165) is 11.4 Å². The van der Waals surface area contributed by atoms with Crippen molar-refractivity contribution in [2.75, 3.05) is 26.1 Å². The number of nitrogen functional groups attached to an aromatic ring is 1. The summed E-state index contributed by atoms with van der Waals surface area (Å²) in [5.74, 6) is 0.821. The van der Waals surface area contributed by atoms with Gasteiger partial charge in [-0.15, -0.1) is 0 Å². The van der Waals surface area contributed by atoms with Crippen LogP contribution in [0.4, 0.5) is 5.69 Å². The van der Waals surface area contributed by atoms with Gasteiger partial charge in [-0.05, 0) is 24.3 Å². The van der Waals surface area contributed by atoms with E-state index in [4.69, 9.17) is 15.2 Å². The van der Waals surface area contributed by atoms with Crippen molar-refractivity contribution < 1.29 is 9.47 Å². The Labute approximate surface area is 85.8 Å². The van der Waals surface area contributed by atoms with Crippen molar-refractivity contribution in [2.45, 2.75) is 13.8 Å². The van der Waals surface area contributed by atoms with Crippen LogP contribution < -0.4 is 10.5 Å². The molecule has 1 aromatic rings. The predicted octanol–water partition coefficient (Wildman–Crippen LogP) is 2.32. The van der Waals surface area contributed by atoms with E-state index in [-0.39, 0.29) is 0 Å². The highest BCUT2D eigenvalue weighted by Crippen LogP contribution is 2.12. The van der Waals surface area contributed by atoms with Crippen molar-refractivity contribution >= 4 is 5.69 Å². The van der Waals surface area contributed by atoms with E-state index >= 15 is 0 Å². The summed E-state index contributed by atoms with van der Waals surface area (Å²) < 4.78 is 10.2. The van der Waals surface area contributed by atoms with Crippen molar-refractivity contribution in [3.8, 4) is 5.75 Å². The van der Waals surface area contributed by atoms with Crippen molar-refractivity contribution in [3.05, 3.63) is 24.3 Å². The van der Waals surface area contributed by atoms with Crippen LogP contribution in [0, 0.1) is 0 Å². The van der Waals surface area contributed by atoms with Crippen molar-refractivity contribution in [3.63, 3.8) is 0 Å². The number of methoxy groups -OCH3 is 1. The van der Waals surface area contributed by atoms with Crippen molar-refractivity contribution in [1.82, 2.24) is 0 Å². The number of nitrogens with two attached hydrogens (primary N) is 1. The molecule has 0 amide bonds. The van der Waals surface area contributed by atoms with Gasteiger partial charge >= 0.3 is 0 Å². The molecule has 2 N–H and O–H groups in total. The molecule has 0 aliphatic heterocycles. The van der Waals surface area contributed by atoms with Gasteiger partial charge in [0.1, 0.15) is 12.4 Å². The molecular weight excluding hydrogens is 178 g/mol. The molecule has 80 valence electrons. The summed E-state index contributed by atoms with van der Waals surface area (Å²) in [6, 6.07) is 7.29. The number of hydrogen-bond acceptors (Lipinski definition) is 3. The highest BCUT2D eigenvalue weighted by Gasteiger charge is 1.91. The molecule has 1 rings (SSSR count). The number of rotatable bonds is 4. The zero-order valence-electron chi connectivity index (χ0n) is 9.12. The Kier molecular flexibility index (Phi) is 7.65. The zero-order valence-corrected chi connectivity index (χ0v) is 9.12. The van der Waals surface area contributed by atoms with Gasteiger partial charge in [0.15, 0.2) is 0 Å². The molecule has 3 heteroatoms. The maximum absolute atomic E-state index is 5.50. The summed E-state index contributed by atoms with van der Waals surface area (Å²) in [5.41, 5.74) is 6.25. The topological polar surface area (TPSA) is 44.5 Å². The van der Waals surface area contributed by atoms with Gasteiger partial charge in [-0.2, -0.15) is 0 Å². The van der Waals surface area contributed by atoms with Gasteiger partial charge in [0.25, 0.3) is 0 Å². The fourth-order valence-corrected chi connectivity index (χ4v) is 0.807. The molecule has 1 aromatic carbocycles. The normalized spacial score (nSPS) is 8.79. The van der Waals surface area contributed by atoms with E-state index in [1.54, 1.807) is 7.11 Å². The maximum Gasteiger partial charge on any atom is 0.119 e. The fourth-order valence-electron chi connectivity index (χ4n) is 0.807. The van der Waals surface area contributed by atoms with Crippen molar-refractivity contribution in [2.24, 2.45) is 0 Å². The van der Waals surface area contributed by atoms with Crippen LogP contribution in [0.25, 0.3) is 0 Å². The highest BCUT2D eigenvalue weighted by molar-refractivity contribution is 5.41. The van der Waals surface area contributed by atoms with Crippen molar-refractivity contribution in [1.29, 1.82) is 0 Å². The summed E-state index contributed by atoms with van der Waals surface area (Å²) in [4.78, 5) is 0. The van der Waals surface area contributed by atoms with Crippen LogP contribution in [0.5, 0.6) is 5.75 Å². The van der Waals surface area contributed by atoms with Gasteiger partial charge in [0.2, 0.25) is 0 Å². The van der Waals surface area contributed by atoms with Crippen LogP contribution in [0.1, 0.15) is 13.8 Å². The SMILES string of the molecule is CC.COCCOc1ccc(N)cc1. The molecule has 0 bridgehead atoms. The molecular formula is C11H19NO2. The number of benzene rings is 1. The van der Waals surface area contributed by atoms with Crippen LogP contribution in [0.3, 0.4) is 0 Å². The van der Waals surface area contributed by atoms with Gasteiger partial charge in [-0.25, -0.2) is 0 Å². The Morgan fingerprint density at radius 1 is 1.07 bits per heavy atom. The van der Waals surface area contributed by atoms with E-state index in [2.05, 4.69) is 0 Å². The molecule has 14 heavy (non-hydrogen) atoms. The predicted molar refractivity (Wildman–Crippen MR) is 59.6 cm³/mol. The molecule has 0 unspecified atom stereocenters. The minimum Gasteiger partial charge on any atom is -0.491 e. The second-order valence-electron chi connectivity index (χ2n) is 2.41. The minimum atomic E-state index is 0.570. The summed E-state index contributed by atoms with van der Waals surface area (Å²) in [7, 11) is 1.65. The third kappa shape index (κ3) is 5.43. The molecule has 0 atom stereocenters. The first-order chi connectivity index (χ1) is 6.83. The molecule has 0 aromatic heterocycles. The molecule has 0 radical (unpaired) electrons. The fraction of sp³-hybridized carbons (Fsp3) is 0.455. The summed E-state index contributed by atoms with van der Waals surface area (Å²) >= 11 is 0. The third-order valence-corrected chi connectivity index (χ3v) is 1.44. The molecule has 0 saturated carbocycles. The molecule has 0 aliphatic rings. The average Bonchev–Trinajstić information content (AvgIpc) is 2.24. The Balaban J connectivity index is 0.000000791. The summed E-state index contributed by atoms with van der Waals surface area (Å²) in [6.07, 6.45) is 0. The lowest BCUT2D eigenvalue weighted by Crippen LogP contribution is -2.03. The maximum atomic E-state index is 5.50. The van der Waals surface area contributed by atoms with Crippen LogP contribution in [-0.4, -0.2) is 20.3 Å². The van der Waals surface area contributed by atoms with Crippen LogP contribution >= 0.6 is 0 Å². The van der Waals surface area contributed by atoms with Gasteiger partial charge in [-0.3, -0.25) is 0 Å². The molecule has 0 aliphatic carbocycles. The largest absolute Gasteiger partial charge is 0.491 e. The quantitative estimate of drug-likeness (QED) is 0.595. The molecule has 0 heterocycles. The standard InChI is InChI=1S/C9H13NO2.C2H6/c1-11-6-7-12-9-4-2-8(10)3-5-9;1-2/h2-5H,6-7,10H2,1H3;1-2H3. The van der Waals surface area contributed by atoms with Gasteiger partial charge in [-0.1, -0.05) is 13.8 Å². The number of hydrogen-bond donors (Lipinski definition) is 1. The first-order valence-corrected chi connectivity index (χ1v) is 4.80. The van der Waals surface area contributed by atoms with Gasteiger partial charge in [0.05, 0.1) is 6.61 Å². The first kappa shape index (κ1) is 12.8. The monoisotopic (exact) mass is 197 g/mol. The lowest BCUT2D eigenvalue weighted by atomic mass is 10.3. The smallest absolute Gasteiger partial charge is 0.119 e. The summed E-state index contributed by atoms with van der Waals surface area (Å²) in [6.45, 7) is 5.17. The van der Waals surface area contributed by atoms with E-state index in [1.165, 1.54) is 0 Å². The number of ether oxygens (including phenoxy) is 2. The second kappa shape index (κ2) is 8.38. The van der Waals surface area contributed by atoms with Crippen LogP contribution in [0.15, 0.2) is 24.3 Å². The molecule has 0 saturated heterocycles. The second-order valence-corrected chi connectivity index (χ2v) is 2.41.